The minimum Gasteiger partial charge on any atom is -0.469 e. The number of hydrogen-bond donors (Lipinski definition) is 0. The van der Waals surface area contributed by atoms with E-state index in [1.807, 2.05) is 0 Å². The summed E-state index contributed by atoms with van der Waals surface area (Å²) in [5, 5.41) is 0. The fourth-order valence-corrected chi connectivity index (χ4v) is 3.54. The van der Waals surface area contributed by atoms with E-state index in [-0.39, 0.29) is 11.5 Å². The third kappa shape index (κ3) is 8.50. The van der Waals surface area contributed by atoms with E-state index in [4.69, 9.17) is 0 Å². The smallest absolute Gasteiger partial charge is 0.309 e. The first kappa shape index (κ1) is 17.4. The van der Waals surface area contributed by atoms with Crippen molar-refractivity contribution < 1.29 is 17.9 Å². The minimum atomic E-state index is -3.13. The predicted octanol–water partition coefficient (Wildman–Crippen LogP) is 2.57. The summed E-state index contributed by atoms with van der Waals surface area (Å²) < 4.78 is 28.0. The van der Waals surface area contributed by atoms with Crippen molar-refractivity contribution in [3.63, 3.8) is 0 Å². The zero-order valence-corrected chi connectivity index (χ0v) is 12.6. The Morgan fingerprint density at radius 3 is 2.22 bits per heavy atom. The minimum absolute atomic E-state index is 0.103. The van der Waals surface area contributed by atoms with E-state index in [1.54, 1.807) is 6.92 Å². The van der Waals surface area contributed by atoms with Gasteiger partial charge in [-0.2, -0.15) is 0 Å². The van der Waals surface area contributed by atoms with E-state index in [2.05, 4.69) is 11.7 Å². The molecule has 0 radical (unpaired) electrons. The van der Waals surface area contributed by atoms with Crippen molar-refractivity contribution >= 4 is 15.8 Å². The molecule has 0 spiro atoms. The average Bonchev–Trinajstić information content (AvgIpc) is 2.31. The Morgan fingerprint density at radius 2 is 1.67 bits per heavy atom. The number of carbonyl (C=O) groups is 1. The maximum Gasteiger partial charge on any atom is 0.309 e. The van der Waals surface area contributed by atoms with Gasteiger partial charge in [-0.05, 0) is 6.42 Å². The third-order valence-electron chi connectivity index (χ3n) is 2.92. The predicted molar refractivity (Wildman–Crippen MR) is 73.2 cm³/mol. The van der Waals surface area contributed by atoms with Crippen molar-refractivity contribution in [3.8, 4) is 0 Å². The molecule has 0 aliphatic heterocycles. The van der Waals surface area contributed by atoms with Crippen LogP contribution in [-0.2, 0) is 19.4 Å². The Bertz CT molecular complexity index is 322. The molecular formula is C13H26O4S. The van der Waals surface area contributed by atoms with Crippen molar-refractivity contribution in [2.75, 3.05) is 18.6 Å². The molecule has 1 unspecified atom stereocenters. The molecule has 0 amide bonds. The van der Waals surface area contributed by atoms with Gasteiger partial charge in [0.1, 0.15) is 0 Å². The van der Waals surface area contributed by atoms with Gasteiger partial charge in [0.25, 0.3) is 0 Å². The second-order valence-corrected chi connectivity index (χ2v) is 7.04. The summed E-state index contributed by atoms with van der Waals surface area (Å²) in [7, 11) is -1.85. The molecule has 108 valence electrons. The Kier molecular flexibility index (Phi) is 9.06. The molecule has 0 aliphatic rings. The number of methoxy groups -OCH3 is 1. The lowest BCUT2D eigenvalue weighted by Gasteiger charge is -2.09. The van der Waals surface area contributed by atoms with E-state index in [0.717, 1.165) is 12.8 Å². The Hall–Kier alpha value is -0.580. The molecule has 0 aromatic heterocycles. The maximum atomic E-state index is 11.7. The second kappa shape index (κ2) is 9.36. The van der Waals surface area contributed by atoms with Crippen LogP contribution in [-0.4, -0.2) is 33.0 Å². The van der Waals surface area contributed by atoms with E-state index < -0.39 is 21.7 Å². The molecule has 0 saturated carbocycles. The van der Waals surface area contributed by atoms with Gasteiger partial charge >= 0.3 is 5.97 Å². The number of ether oxygens (including phenoxy) is 1. The van der Waals surface area contributed by atoms with Crippen LogP contribution in [0.4, 0.5) is 0 Å². The molecule has 0 rings (SSSR count). The van der Waals surface area contributed by atoms with Crippen LogP contribution in [0.2, 0.25) is 0 Å². The monoisotopic (exact) mass is 278 g/mol. The third-order valence-corrected chi connectivity index (χ3v) is 4.83. The zero-order valence-electron chi connectivity index (χ0n) is 11.8. The van der Waals surface area contributed by atoms with E-state index >= 15 is 0 Å². The van der Waals surface area contributed by atoms with E-state index in [1.165, 1.54) is 26.4 Å². The molecule has 0 fully saturated rings. The van der Waals surface area contributed by atoms with Crippen molar-refractivity contribution in [2.45, 2.75) is 52.4 Å². The van der Waals surface area contributed by atoms with Crippen molar-refractivity contribution in [1.29, 1.82) is 0 Å². The summed E-state index contributed by atoms with van der Waals surface area (Å²) in [6.45, 7) is 3.74. The summed E-state index contributed by atoms with van der Waals surface area (Å²) in [6.07, 6.45) is 6.32. The average molecular weight is 278 g/mol. The molecule has 0 saturated heterocycles. The summed E-state index contributed by atoms with van der Waals surface area (Å²) in [4.78, 5) is 11.2. The van der Waals surface area contributed by atoms with Gasteiger partial charge in [-0.25, -0.2) is 8.42 Å². The Labute approximate surface area is 111 Å². The van der Waals surface area contributed by atoms with Gasteiger partial charge in [-0.3, -0.25) is 4.79 Å². The Morgan fingerprint density at radius 1 is 1.11 bits per heavy atom. The largest absolute Gasteiger partial charge is 0.469 e. The highest BCUT2D eigenvalue weighted by molar-refractivity contribution is 7.91. The molecule has 0 N–H and O–H groups in total. The van der Waals surface area contributed by atoms with Gasteiger partial charge in [-0.15, -0.1) is 0 Å². The molecular weight excluding hydrogens is 252 g/mol. The summed E-state index contributed by atoms with van der Waals surface area (Å²) in [6, 6.07) is 0. The lowest BCUT2D eigenvalue weighted by molar-refractivity contribution is -0.144. The van der Waals surface area contributed by atoms with Gasteiger partial charge < -0.3 is 4.74 Å². The highest BCUT2D eigenvalue weighted by Crippen LogP contribution is 2.09. The van der Waals surface area contributed by atoms with Gasteiger partial charge in [0.15, 0.2) is 9.84 Å². The first-order valence-corrected chi connectivity index (χ1v) is 8.53. The zero-order chi connectivity index (χ0) is 14.0. The molecule has 0 heterocycles. The molecule has 0 bridgehead atoms. The summed E-state index contributed by atoms with van der Waals surface area (Å²) in [5.41, 5.74) is 0. The number of hydrogen-bond acceptors (Lipinski definition) is 4. The van der Waals surface area contributed by atoms with Gasteiger partial charge in [0.05, 0.1) is 24.5 Å². The quantitative estimate of drug-likeness (QED) is 0.455. The van der Waals surface area contributed by atoms with Crippen LogP contribution in [0.1, 0.15) is 52.4 Å². The summed E-state index contributed by atoms with van der Waals surface area (Å²) >= 11 is 0. The van der Waals surface area contributed by atoms with Crippen LogP contribution in [0.25, 0.3) is 0 Å². The van der Waals surface area contributed by atoms with Gasteiger partial charge in [0.2, 0.25) is 0 Å². The Balaban J connectivity index is 3.84. The topological polar surface area (TPSA) is 60.4 Å². The molecule has 0 aliphatic carbocycles. The van der Waals surface area contributed by atoms with Crippen LogP contribution < -0.4 is 0 Å². The second-order valence-electron chi connectivity index (χ2n) is 4.81. The van der Waals surface area contributed by atoms with Crippen molar-refractivity contribution in [1.82, 2.24) is 0 Å². The van der Waals surface area contributed by atoms with Crippen LogP contribution in [0.3, 0.4) is 0 Å². The van der Waals surface area contributed by atoms with Gasteiger partial charge in [-0.1, -0.05) is 46.0 Å². The van der Waals surface area contributed by atoms with Crippen LogP contribution in [0.5, 0.6) is 0 Å². The number of esters is 1. The molecule has 5 heteroatoms. The molecule has 4 nitrogen and oxygen atoms in total. The van der Waals surface area contributed by atoms with Crippen molar-refractivity contribution in [2.24, 2.45) is 5.92 Å². The van der Waals surface area contributed by atoms with Crippen molar-refractivity contribution in [3.05, 3.63) is 0 Å². The van der Waals surface area contributed by atoms with E-state index in [0.29, 0.717) is 6.42 Å². The fraction of sp³-hybridized carbons (Fsp3) is 0.923. The molecule has 0 aromatic rings. The molecule has 18 heavy (non-hydrogen) atoms. The van der Waals surface area contributed by atoms with Gasteiger partial charge in [0, 0.05) is 0 Å². The number of carbonyl (C=O) groups excluding carboxylic acids is 1. The lowest BCUT2D eigenvalue weighted by atomic mass is 10.1. The number of rotatable bonds is 10. The molecule has 0 aromatic carbocycles. The first-order chi connectivity index (χ1) is 8.43. The van der Waals surface area contributed by atoms with E-state index in [9.17, 15) is 13.2 Å². The van der Waals surface area contributed by atoms with Crippen LogP contribution in [0, 0.1) is 5.92 Å². The standard InChI is InChI=1S/C13H26O4S/c1-4-5-6-7-8-9-10-18(15,16)11-12(2)13(14)17-3/h12H,4-11H2,1-3H3. The highest BCUT2D eigenvalue weighted by atomic mass is 32.2. The SMILES string of the molecule is CCCCCCCCS(=O)(=O)CC(C)C(=O)OC. The maximum absolute atomic E-state index is 11.7. The first-order valence-electron chi connectivity index (χ1n) is 6.71. The van der Waals surface area contributed by atoms with Crippen LogP contribution in [0.15, 0.2) is 0 Å². The number of unbranched alkanes of at least 4 members (excludes halogenated alkanes) is 5. The molecule has 1 atom stereocenters. The normalized spacial score (nSPS) is 13.3. The number of sulfone groups is 1. The lowest BCUT2D eigenvalue weighted by Crippen LogP contribution is -2.24. The summed E-state index contributed by atoms with van der Waals surface area (Å²) in [5.74, 6) is -0.948. The fourth-order valence-electron chi connectivity index (χ4n) is 1.84. The highest BCUT2D eigenvalue weighted by Gasteiger charge is 2.21. The van der Waals surface area contributed by atoms with Crippen LogP contribution >= 0.6 is 0 Å².